The quantitative estimate of drug-likeness (QED) is 0.899. The highest BCUT2D eigenvalue weighted by atomic mass is 16.5. The molecule has 2 heterocycles. The van der Waals surface area contributed by atoms with Gasteiger partial charge in [0, 0.05) is 19.1 Å². The zero-order chi connectivity index (χ0) is 15.5. The van der Waals surface area contributed by atoms with E-state index in [0.29, 0.717) is 19.7 Å². The second-order valence-electron chi connectivity index (χ2n) is 5.33. The lowest BCUT2D eigenvalue weighted by Gasteiger charge is -2.32. The first-order chi connectivity index (χ1) is 10.7. The van der Waals surface area contributed by atoms with Gasteiger partial charge in [-0.15, -0.1) is 0 Å². The number of nitrogens with zero attached hydrogens (tertiary/aromatic N) is 2. The minimum atomic E-state index is -0.0484. The molecule has 2 N–H and O–H groups in total. The summed E-state index contributed by atoms with van der Waals surface area (Å²) in [5.41, 5.74) is 2.82. The maximum absolute atomic E-state index is 12.2. The van der Waals surface area contributed by atoms with Crippen molar-refractivity contribution in [1.29, 1.82) is 0 Å². The fourth-order valence-corrected chi connectivity index (χ4v) is 2.80. The van der Waals surface area contributed by atoms with E-state index < -0.39 is 0 Å². The van der Waals surface area contributed by atoms with E-state index in [1.165, 1.54) is 0 Å². The standard InChI is InChI=1S/C16H19N3O3/c1-2-22-9-15(21)19-7-13(11-4-3-5-12(20)6-11)16-14(8-19)17-10-18-16/h3-6,10,13,20H,2,7-9H2,1H3,(H,17,18). The number of fused-ring (bicyclic) bond motifs is 1. The summed E-state index contributed by atoms with van der Waals surface area (Å²) in [5, 5.41) is 9.70. The molecule has 1 aromatic carbocycles. The highest BCUT2D eigenvalue weighted by Crippen LogP contribution is 2.32. The summed E-state index contributed by atoms with van der Waals surface area (Å²) in [4.78, 5) is 21.5. The van der Waals surface area contributed by atoms with Gasteiger partial charge < -0.3 is 19.7 Å². The fraction of sp³-hybridized carbons (Fsp3) is 0.375. The number of H-pyrrole nitrogens is 1. The van der Waals surface area contributed by atoms with Crippen molar-refractivity contribution in [1.82, 2.24) is 14.9 Å². The predicted octanol–water partition coefficient (Wildman–Crippen LogP) is 1.63. The van der Waals surface area contributed by atoms with Crippen molar-refractivity contribution in [3.05, 3.63) is 47.5 Å². The Morgan fingerprint density at radius 3 is 3.18 bits per heavy atom. The molecule has 3 rings (SSSR count). The average Bonchev–Trinajstić information content (AvgIpc) is 3.00. The molecule has 1 atom stereocenters. The molecule has 1 aromatic heterocycles. The van der Waals surface area contributed by atoms with E-state index in [0.717, 1.165) is 17.0 Å². The molecular weight excluding hydrogens is 282 g/mol. The van der Waals surface area contributed by atoms with Gasteiger partial charge >= 0.3 is 0 Å². The van der Waals surface area contributed by atoms with E-state index in [2.05, 4.69) is 9.97 Å². The Morgan fingerprint density at radius 2 is 2.41 bits per heavy atom. The normalized spacial score (nSPS) is 17.3. The fourth-order valence-electron chi connectivity index (χ4n) is 2.80. The van der Waals surface area contributed by atoms with Crippen LogP contribution in [0.3, 0.4) is 0 Å². The van der Waals surface area contributed by atoms with Crippen LogP contribution in [-0.2, 0) is 16.1 Å². The number of carbonyl (C=O) groups excluding carboxylic acids is 1. The summed E-state index contributed by atoms with van der Waals surface area (Å²) in [6, 6.07) is 7.10. The Morgan fingerprint density at radius 1 is 1.55 bits per heavy atom. The van der Waals surface area contributed by atoms with E-state index in [9.17, 15) is 9.90 Å². The predicted molar refractivity (Wildman–Crippen MR) is 80.4 cm³/mol. The number of amides is 1. The lowest BCUT2D eigenvalue weighted by Crippen LogP contribution is -2.40. The van der Waals surface area contributed by atoms with Crippen LogP contribution in [0.1, 0.15) is 29.8 Å². The number of phenols is 1. The number of aromatic nitrogens is 2. The van der Waals surface area contributed by atoms with Crippen LogP contribution in [0, 0.1) is 0 Å². The Hall–Kier alpha value is -2.34. The molecule has 22 heavy (non-hydrogen) atoms. The van der Waals surface area contributed by atoms with Crippen LogP contribution >= 0.6 is 0 Å². The number of ether oxygens (including phenoxy) is 1. The lowest BCUT2D eigenvalue weighted by atomic mass is 9.90. The number of benzene rings is 1. The molecule has 2 aromatic rings. The SMILES string of the molecule is CCOCC(=O)N1Cc2[nH]cnc2C(c2cccc(O)c2)C1. The van der Waals surface area contributed by atoms with Crippen LogP contribution in [0.15, 0.2) is 30.6 Å². The van der Waals surface area contributed by atoms with Crippen LogP contribution in [-0.4, -0.2) is 45.6 Å². The zero-order valence-corrected chi connectivity index (χ0v) is 12.5. The summed E-state index contributed by atoms with van der Waals surface area (Å²) in [6.45, 7) is 3.52. The van der Waals surface area contributed by atoms with Gasteiger partial charge in [-0.05, 0) is 24.6 Å². The van der Waals surface area contributed by atoms with Gasteiger partial charge in [0.25, 0.3) is 0 Å². The number of hydrogen-bond acceptors (Lipinski definition) is 4. The number of aromatic hydroxyl groups is 1. The van der Waals surface area contributed by atoms with Gasteiger partial charge in [0.2, 0.25) is 5.91 Å². The molecule has 0 bridgehead atoms. The number of carbonyl (C=O) groups is 1. The first-order valence-electron chi connectivity index (χ1n) is 7.35. The lowest BCUT2D eigenvalue weighted by molar-refractivity contribution is -0.137. The van der Waals surface area contributed by atoms with Gasteiger partial charge in [0.1, 0.15) is 12.4 Å². The molecule has 0 fully saturated rings. The Labute approximate surface area is 128 Å². The van der Waals surface area contributed by atoms with Crippen LogP contribution in [0.2, 0.25) is 0 Å². The Kier molecular flexibility index (Phi) is 4.11. The second kappa shape index (κ2) is 6.19. The van der Waals surface area contributed by atoms with Crippen molar-refractivity contribution in [2.24, 2.45) is 0 Å². The first kappa shape index (κ1) is 14.6. The Bertz CT molecular complexity index is 668. The molecule has 6 nitrogen and oxygen atoms in total. The molecular formula is C16H19N3O3. The molecule has 0 spiro atoms. The van der Waals surface area contributed by atoms with Gasteiger partial charge in [-0.3, -0.25) is 4.79 Å². The van der Waals surface area contributed by atoms with Gasteiger partial charge in [-0.2, -0.15) is 0 Å². The number of nitrogens with one attached hydrogen (secondary N) is 1. The van der Waals surface area contributed by atoms with Crippen molar-refractivity contribution in [3.8, 4) is 5.75 Å². The molecule has 1 amide bonds. The number of aromatic amines is 1. The topological polar surface area (TPSA) is 78.5 Å². The average molecular weight is 301 g/mol. The van der Waals surface area contributed by atoms with Crippen molar-refractivity contribution >= 4 is 5.91 Å². The van der Waals surface area contributed by atoms with Crippen molar-refractivity contribution in [3.63, 3.8) is 0 Å². The van der Waals surface area contributed by atoms with Gasteiger partial charge in [-0.25, -0.2) is 4.98 Å². The van der Waals surface area contributed by atoms with Gasteiger partial charge in [0.05, 0.1) is 24.3 Å². The van der Waals surface area contributed by atoms with E-state index in [4.69, 9.17) is 4.74 Å². The molecule has 1 unspecified atom stereocenters. The minimum absolute atomic E-state index is 0.0350. The summed E-state index contributed by atoms with van der Waals surface area (Å²) < 4.78 is 5.22. The molecule has 0 saturated carbocycles. The number of phenolic OH excluding ortho intramolecular Hbond substituents is 1. The van der Waals surface area contributed by atoms with Crippen molar-refractivity contribution in [2.45, 2.75) is 19.4 Å². The monoisotopic (exact) mass is 301 g/mol. The highest BCUT2D eigenvalue weighted by Gasteiger charge is 2.31. The molecule has 0 radical (unpaired) electrons. The number of hydrogen-bond donors (Lipinski definition) is 2. The highest BCUT2D eigenvalue weighted by molar-refractivity contribution is 5.78. The summed E-state index contributed by atoms with van der Waals surface area (Å²) in [6.07, 6.45) is 1.65. The molecule has 1 aliphatic heterocycles. The smallest absolute Gasteiger partial charge is 0.248 e. The molecule has 1 aliphatic rings. The third-order valence-electron chi connectivity index (χ3n) is 3.89. The second-order valence-corrected chi connectivity index (χ2v) is 5.33. The third kappa shape index (κ3) is 2.82. The summed E-state index contributed by atoms with van der Waals surface area (Å²) >= 11 is 0. The van der Waals surface area contributed by atoms with Gasteiger partial charge in [-0.1, -0.05) is 12.1 Å². The van der Waals surface area contributed by atoms with Crippen LogP contribution in [0.4, 0.5) is 0 Å². The van der Waals surface area contributed by atoms with Crippen molar-refractivity contribution < 1.29 is 14.6 Å². The molecule has 116 valence electrons. The molecule has 0 saturated heterocycles. The van der Waals surface area contributed by atoms with Crippen molar-refractivity contribution in [2.75, 3.05) is 19.8 Å². The summed E-state index contributed by atoms with van der Waals surface area (Å²) in [7, 11) is 0. The van der Waals surface area contributed by atoms with Gasteiger partial charge in [0.15, 0.2) is 0 Å². The number of rotatable bonds is 4. The largest absolute Gasteiger partial charge is 0.508 e. The molecule has 0 aliphatic carbocycles. The molecule has 6 heteroatoms. The number of imidazole rings is 1. The Balaban J connectivity index is 1.88. The zero-order valence-electron chi connectivity index (χ0n) is 12.5. The summed E-state index contributed by atoms with van der Waals surface area (Å²) in [5.74, 6) is 0.132. The van der Waals surface area contributed by atoms with E-state index in [1.807, 2.05) is 13.0 Å². The maximum Gasteiger partial charge on any atom is 0.248 e. The third-order valence-corrected chi connectivity index (χ3v) is 3.89. The van der Waals surface area contributed by atoms with E-state index in [-0.39, 0.29) is 24.2 Å². The maximum atomic E-state index is 12.2. The van der Waals surface area contributed by atoms with E-state index >= 15 is 0 Å². The first-order valence-corrected chi connectivity index (χ1v) is 7.35. The van der Waals surface area contributed by atoms with Crippen LogP contribution in [0.5, 0.6) is 5.75 Å². The van der Waals surface area contributed by atoms with E-state index in [1.54, 1.807) is 29.4 Å². The van der Waals surface area contributed by atoms with Crippen LogP contribution in [0.25, 0.3) is 0 Å². The minimum Gasteiger partial charge on any atom is -0.508 e. The van der Waals surface area contributed by atoms with Crippen LogP contribution < -0.4 is 0 Å².